The summed E-state index contributed by atoms with van der Waals surface area (Å²) in [4.78, 5) is 15.4. The fourth-order valence-electron chi connectivity index (χ4n) is 4.15. The number of amides is 1. The van der Waals surface area contributed by atoms with Crippen LogP contribution < -0.4 is 19.5 Å². The highest BCUT2D eigenvalue weighted by molar-refractivity contribution is 7.89. The molecular formula is C23H37N3O5S. The number of rotatable bonds is 8. The highest BCUT2D eigenvalue weighted by Gasteiger charge is 2.30. The summed E-state index contributed by atoms with van der Waals surface area (Å²) >= 11 is 0. The van der Waals surface area contributed by atoms with Gasteiger partial charge in [-0.05, 0) is 50.3 Å². The average Bonchev–Trinajstić information content (AvgIpc) is 3.00. The van der Waals surface area contributed by atoms with Crippen LogP contribution >= 0.6 is 0 Å². The molecule has 2 heterocycles. The molecule has 32 heavy (non-hydrogen) atoms. The summed E-state index contributed by atoms with van der Waals surface area (Å²) in [5.74, 6) is 1.07. The van der Waals surface area contributed by atoms with Crippen molar-refractivity contribution < 1.29 is 22.7 Å². The monoisotopic (exact) mass is 467 g/mol. The highest BCUT2D eigenvalue weighted by Crippen LogP contribution is 2.32. The lowest BCUT2D eigenvalue weighted by atomic mass is 9.99. The van der Waals surface area contributed by atoms with Crippen molar-refractivity contribution in [1.82, 2.24) is 14.9 Å². The van der Waals surface area contributed by atoms with Crippen LogP contribution in [0.5, 0.6) is 11.5 Å². The number of nitrogens with one attached hydrogen (secondary N) is 2. The maximum Gasteiger partial charge on any atom is 0.241 e. The summed E-state index contributed by atoms with van der Waals surface area (Å²) in [5, 5.41) is 2.96. The smallest absolute Gasteiger partial charge is 0.241 e. The van der Waals surface area contributed by atoms with Gasteiger partial charge in [0.05, 0.1) is 18.1 Å². The topological polar surface area (TPSA) is 97.0 Å². The molecule has 2 N–H and O–H groups in total. The van der Waals surface area contributed by atoms with Gasteiger partial charge in [0.25, 0.3) is 0 Å². The zero-order chi connectivity index (χ0) is 23.3. The van der Waals surface area contributed by atoms with Crippen molar-refractivity contribution in [1.29, 1.82) is 0 Å². The van der Waals surface area contributed by atoms with E-state index in [-0.39, 0.29) is 22.8 Å². The molecule has 1 saturated heterocycles. The van der Waals surface area contributed by atoms with Gasteiger partial charge in [0, 0.05) is 31.6 Å². The normalized spacial score (nSPS) is 21.6. The number of hydrogen-bond donors (Lipinski definition) is 2. The van der Waals surface area contributed by atoms with Crippen LogP contribution in [0.2, 0.25) is 0 Å². The fourth-order valence-corrected chi connectivity index (χ4v) is 5.51. The number of hydrogen-bond acceptors (Lipinski definition) is 6. The van der Waals surface area contributed by atoms with Crippen molar-refractivity contribution in [3.8, 4) is 11.5 Å². The molecule has 0 bridgehead atoms. The first-order valence-electron chi connectivity index (χ1n) is 11.6. The first-order valence-corrected chi connectivity index (χ1v) is 13.1. The minimum absolute atomic E-state index is 0.0517. The molecule has 3 unspecified atom stereocenters. The molecule has 3 atom stereocenters. The Kier molecular flexibility index (Phi) is 8.41. The molecule has 1 aromatic carbocycles. The maximum atomic E-state index is 13.0. The van der Waals surface area contributed by atoms with E-state index in [4.69, 9.17) is 9.47 Å². The fraction of sp³-hybridized carbons (Fsp3) is 0.696. The summed E-state index contributed by atoms with van der Waals surface area (Å²) in [5.41, 5.74) is 0. The Morgan fingerprint density at radius 3 is 2.56 bits per heavy atom. The molecule has 1 aromatic rings. The van der Waals surface area contributed by atoms with Gasteiger partial charge < -0.3 is 14.8 Å². The number of fused-ring (bicyclic) bond motifs is 1. The molecule has 1 fully saturated rings. The highest BCUT2D eigenvalue weighted by atomic mass is 32.2. The number of likely N-dealkylation sites (tertiary alicyclic amines) is 1. The molecule has 2 aliphatic rings. The van der Waals surface area contributed by atoms with Crippen LogP contribution in [-0.2, 0) is 14.8 Å². The molecule has 9 heteroatoms. The van der Waals surface area contributed by atoms with Gasteiger partial charge in [-0.25, -0.2) is 8.42 Å². The van der Waals surface area contributed by atoms with Gasteiger partial charge in [0.1, 0.15) is 6.04 Å². The zero-order valence-electron chi connectivity index (χ0n) is 19.6. The van der Waals surface area contributed by atoms with Crippen LogP contribution in [0, 0.1) is 11.8 Å². The van der Waals surface area contributed by atoms with Crippen molar-refractivity contribution in [3.05, 3.63) is 18.2 Å². The van der Waals surface area contributed by atoms with E-state index >= 15 is 0 Å². The maximum absolute atomic E-state index is 13.0. The predicted octanol–water partition coefficient (Wildman–Crippen LogP) is 2.39. The van der Waals surface area contributed by atoms with Crippen LogP contribution in [0.3, 0.4) is 0 Å². The molecule has 8 nitrogen and oxygen atoms in total. The molecule has 0 aromatic heterocycles. The molecule has 0 saturated carbocycles. The van der Waals surface area contributed by atoms with E-state index in [1.54, 1.807) is 6.07 Å². The standard InChI is InChI=1S/C23H37N3O5S/c1-16(2)22(23(27)24-14-18(4)26-10-5-7-17(3)15-26)25-32(28,29)19-8-9-20-21(13-19)31-12-6-11-30-20/h8-9,13,16-18,22,25H,5-7,10-12,14-15H2,1-4H3,(H,24,27). The number of carbonyl (C=O) groups is 1. The Morgan fingerprint density at radius 1 is 1.16 bits per heavy atom. The van der Waals surface area contributed by atoms with E-state index in [1.165, 1.54) is 25.0 Å². The predicted molar refractivity (Wildman–Crippen MR) is 123 cm³/mol. The van der Waals surface area contributed by atoms with E-state index in [2.05, 4.69) is 28.8 Å². The van der Waals surface area contributed by atoms with Gasteiger partial charge in [-0.1, -0.05) is 20.8 Å². The second-order valence-corrected chi connectivity index (χ2v) is 11.1. The van der Waals surface area contributed by atoms with E-state index in [9.17, 15) is 13.2 Å². The van der Waals surface area contributed by atoms with Gasteiger partial charge in [-0.3, -0.25) is 9.69 Å². The second-order valence-electron chi connectivity index (χ2n) is 9.34. The van der Waals surface area contributed by atoms with Crippen LogP contribution in [-0.4, -0.2) is 64.2 Å². The van der Waals surface area contributed by atoms with Crippen LogP contribution in [0.25, 0.3) is 0 Å². The van der Waals surface area contributed by atoms with E-state index in [1.807, 2.05) is 13.8 Å². The third kappa shape index (κ3) is 6.36. The van der Waals surface area contributed by atoms with Crippen LogP contribution in [0.15, 0.2) is 23.1 Å². The lowest BCUT2D eigenvalue weighted by molar-refractivity contribution is -0.123. The van der Waals surface area contributed by atoms with Crippen molar-refractivity contribution in [3.63, 3.8) is 0 Å². The number of carbonyl (C=O) groups excluding carboxylic acids is 1. The molecule has 3 rings (SSSR count). The molecular weight excluding hydrogens is 430 g/mol. The van der Waals surface area contributed by atoms with E-state index in [0.29, 0.717) is 37.2 Å². The summed E-state index contributed by atoms with van der Waals surface area (Å²) < 4.78 is 39.9. The van der Waals surface area contributed by atoms with Crippen molar-refractivity contribution in [2.24, 2.45) is 11.8 Å². The summed E-state index contributed by atoms with van der Waals surface area (Å²) in [6.07, 6.45) is 3.15. The van der Waals surface area contributed by atoms with Crippen LogP contribution in [0.4, 0.5) is 0 Å². The van der Waals surface area contributed by atoms with Gasteiger partial charge in [-0.15, -0.1) is 0 Å². The van der Waals surface area contributed by atoms with Gasteiger partial charge >= 0.3 is 0 Å². The van der Waals surface area contributed by atoms with E-state index in [0.717, 1.165) is 19.5 Å². The Morgan fingerprint density at radius 2 is 1.88 bits per heavy atom. The van der Waals surface area contributed by atoms with Gasteiger partial charge in [-0.2, -0.15) is 4.72 Å². The van der Waals surface area contributed by atoms with Crippen molar-refractivity contribution >= 4 is 15.9 Å². The Labute approximate surface area is 192 Å². The largest absolute Gasteiger partial charge is 0.490 e. The van der Waals surface area contributed by atoms with Crippen molar-refractivity contribution in [2.45, 2.75) is 63.9 Å². The summed E-state index contributed by atoms with van der Waals surface area (Å²) in [6, 6.07) is 3.86. The molecule has 0 radical (unpaired) electrons. The molecule has 0 spiro atoms. The summed E-state index contributed by atoms with van der Waals surface area (Å²) in [7, 11) is -3.92. The number of piperidine rings is 1. The van der Waals surface area contributed by atoms with Gasteiger partial charge in [0.15, 0.2) is 11.5 Å². The Bertz CT molecular complexity index is 890. The van der Waals surface area contributed by atoms with E-state index < -0.39 is 16.1 Å². The third-order valence-corrected chi connectivity index (χ3v) is 7.58. The first kappa shape index (κ1) is 24.8. The third-order valence-electron chi connectivity index (χ3n) is 6.14. The number of benzene rings is 1. The molecule has 180 valence electrons. The molecule has 1 amide bonds. The zero-order valence-corrected chi connectivity index (χ0v) is 20.4. The number of ether oxygens (including phenoxy) is 2. The Hall–Kier alpha value is -1.84. The lowest BCUT2D eigenvalue weighted by Gasteiger charge is -2.36. The van der Waals surface area contributed by atoms with Crippen LogP contribution in [0.1, 0.15) is 47.0 Å². The quantitative estimate of drug-likeness (QED) is 0.609. The SMILES string of the molecule is CC1CCCN(C(C)CNC(=O)C(NS(=O)(=O)c2ccc3c(c2)OCCCO3)C(C)C)C1. The summed E-state index contributed by atoms with van der Waals surface area (Å²) in [6.45, 7) is 11.6. The molecule has 0 aliphatic carbocycles. The molecule has 2 aliphatic heterocycles. The Balaban J connectivity index is 1.64. The van der Waals surface area contributed by atoms with Gasteiger partial charge in [0.2, 0.25) is 15.9 Å². The number of sulfonamides is 1. The second kappa shape index (κ2) is 10.9. The van der Waals surface area contributed by atoms with Crippen molar-refractivity contribution in [2.75, 3.05) is 32.8 Å². The minimum Gasteiger partial charge on any atom is -0.490 e. The minimum atomic E-state index is -3.92. The number of nitrogens with zero attached hydrogens (tertiary/aromatic N) is 1. The lowest BCUT2D eigenvalue weighted by Crippen LogP contribution is -2.53. The average molecular weight is 468 g/mol. The first-order chi connectivity index (χ1) is 15.2.